The zero-order valence-electron chi connectivity index (χ0n) is 14.2. The van der Waals surface area contributed by atoms with E-state index in [1.54, 1.807) is 7.11 Å². The Labute approximate surface area is 140 Å². The third kappa shape index (κ3) is 4.09. The number of hydrogen-bond donors (Lipinski definition) is 3. The van der Waals surface area contributed by atoms with E-state index in [1.165, 1.54) is 0 Å². The summed E-state index contributed by atoms with van der Waals surface area (Å²) < 4.78 is 5.31. The smallest absolute Gasteiger partial charge is 0.322 e. The van der Waals surface area contributed by atoms with Crippen LogP contribution in [0.25, 0.3) is 0 Å². The number of nitrogens with one attached hydrogen (secondary N) is 3. The van der Waals surface area contributed by atoms with Crippen molar-refractivity contribution in [1.29, 1.82) is 0 Å². The number of aryl methyl sites for hydroxylation is 1. The average Bonchev–Trinajstić information content (AvgIpc) is 2.98. The van der Waals surface area contributed by atoms with E-state index in [-0.39, 0.29) is 16.8 Å². The van der Waals surface area contributed by atoms with Gasteiger partial charge in [0, 0.05) is 19.1 Å². The fourth-order valence-electron chi connectivity index (χ4n) is 3.14. The summed E-state index contributed by atoms with van der Waals surface area (Å²) in [4.78, 5) is 23.2. The number of H-pyrrole nitrogens is 1. The van der Waals surface area contributed by atoms with E-state index in [0.29, 0.717) is 25.3 Å². The van der Waals surface area contributed by atoms with Gasteiger partial charge in [-0.1, -0.05) is 13.3 Å². The normalized spacial score (nSPS) is 16.8. The van der Waals surface area contributed by atoms with Crippen LogP contribution in [0, 0.1) is 15.5 Å². The first-order valence-electron chi connectivity index (χ1n) is 8.22. The number of carbonyl (C=O) groups excluding carboxylic acids is 1. The van der Waals surface area contributed by atoms with Gasteiger partial charge in [0.15, 0.2) is 0 Å². The molecule has 134 valence electrons. The predicted molar refractivity (Wildman–Crippen MR) is 88.0 cm³/mol. The number of amides is 1. The highest BCUT2D eigenvalue weighted by atomic mass is 16.6. The standard InChI is InChI=1S/C15H25N5O4/c1-3-4-11-13(20(22)23)12(19-18-11)14(21)17-9-15(10-24-2)5-7-16-8-6-15/h16H,3-10H2,1-2H3,(H,17,21)(H,18,19). The van der Waals surface area contributed by atoms with Gasteiger partial charge in [-0.25, -0.2) is 0 Å². The van der Waals surface area contributed by atoms with Crippen molar-refractivity contribution in [2.75, 3.05) is 33.4 Å². The Kier molecular flexibility index (Phi) is 6.27. The molecule has 1 aromatic rings. The highest BCUT2D eigenvalue weighted by Gasteiger charge is 2.34. The Morgan fingerprint density at radius 1 is 1.46 bits per heavy atom. The van der Waals surface area contributed by atoms with Crippen molar-refractivity contribution in [1.82, 2.24) is 20.8 Å². The number of carbonyl (C=O) groups is 1. The molecular formula is C15H25N5O4. The van der Waals surface area contributed by atoms with Gasteiger partial charge < -0.3 is 15.4 Å². The predicted octanol–water partition coefficient (Wildman–Crippen LogP) is 1.02. The first-order valence-corrected chi connectivity index (χ1v) is 8.22. The molecule has 2 rings (SSSR count). The lowest BCUT2D eigenvalue weighted by Crippen LogP contribution is -2.47. The molecule has 0 aromatic carbocycles. The largest absolute Gasteiger partial charge is 0.384 e. The molecule has 1 amide bonds. The van der Waals surface area contributed by atoms with Crippen LogP contribution in [-0.4, -0.2) is 54.4 Å². The lowest BCUT2D eigenvalue weighted by molar-refractivity contribution is -0.385. The van der Waals surface area contributed by atoms with E-state index < -0.39 is 10.8 Å². The van der Waals surface area contributed by atoms with Crippen LogP contribution >= 0.6 is 0 Å². The van der Waals surface area contributed by atoms with Gasteiger partial charge in [0.05, 0.1) is 11.5 Å². The minimum Gasteiger partial charge on any atom is -0.384 e. The summed E-state index contributed by atoms with van der Waals surface area (Å²) in [6.45, 7) is 4.59. The van der Waals surface area contributed by atoms with Crippen LogP contribution in [0.15, 0.2) is 0 Å². The molecule has 2 heterocycles. The van der Waals surface area contributed by atoms with Crippen LogP contribution in [0.1, 0.15) is 42.4 Å². The van der Waals surface area contributed by atoms with Crippen LogP contribution in [0.5, 0.6) is 0 Å². The monoisotopic (exact) mass is 339 g/mol. The van der Waals surface area contributed by atoms with Crippen molar-refractivity contribution < 1.29 is 14.5 Å². The summed E-state index contributed by atoms with van der Waals surface area (Å²) in [7, 11) is 1.64. The molecule has 1 aromatic heterocycles. The Morgan fingerprint density at radius 2 is 2.17 bits per heavy atom. The van der Waals surface area contributed by atoms with Crippen molar-refractivity contribution in [3.05, 3.63) is 21.5 Å². The fourth-order valence-corrected chi connectivity index (χ4v) is 3.14. The van der Waals surface area contributed by atoms with Crippen LogP contribution in [0.4, 0.5) is 5.69 Å². The quantitative estimate of drug-likeness (QED) is 0.480. The number of piperidine rings is 1. The highest BCUT2D eigenvalue weighted by molar-refractivity contribution is 5.96. The Morgan fingerprint density at radius 3 is 2.75 bits per heavy atom. The Hall–Kier alpha value is -2.00. The number of hydrogen-bond acceptors (Lipinski definition) is 6. The summed E-state index contributed by atoms with van der Waals surface area (Å²) in [5.41, 5.74) is -0.126. The van der Waals surface area contributed by atoms with Crippen LogP contribution in [0.2, 0.25) is 0 Å². The second-order valence-corrected chi connectivity index (χ2v) is 6.27. The minimum atomic E-state index is -0.543. The second kappa shape index (κ2) is 8.20. The van der Waals surface area contributed by atoms with E-state index >= 15 is 0 Å². The topological polar surface area (TPSA) is 122 Å². The summed E-state index contributed by atoms with van der Waals surface area (Å²) in [5.74, 6) is -0.519. The van der Waals surface area contributed by atoms with Gasteiger partial charge in [-0.05, 0) is 32.4 Å². The van der Waals surface area contributed by atoms with Crippen molar-refractivity contribution in [2.24, 2.45) is 5.41 Å². The SMILES string of the molecule is CCCc1[nH]nc(C(=O)NCC2(COC)CCNCC2)c1[N+](=O)[O-]. The highest BCUT2D eigenvalue weighted by Crippen LogP contribution is 2.29. The number of methoxy groups -OCH3 is 1. The van der Waals surface area contributed by atoms with E-state index in [9.17, 15) is 14.9 Å². The van der Waals surface area contributed by atoms with Gasteiger partial charge in [0.25, 0.3) is 5.91 Å². The average molecular weight is 339 g/mol. The molecule has 1 aliphatic heterocycles. The Balaban J connectivity index is 2.10. The minimum absolute atomic E-state index is 0.146. The van der Waals surface area contributed by atoms with Gasteiger partial charge in [-0.15, -0.1) is 0 Å². The summed E-state index contributed by atoms with van der Waals surface area (Å²) in [5, 5.41) is 23.9. The molecule has 24 heavy (non-hydrogen) atoms. The van der Waals surface area contributed by atoms with E-state index in [1.807, 2.05) is 6.92 Å². The van der Waals surface area contributed by atoms with E-state index in [4.69, 9.17) is 4.74 Å². The summed E-state index contributed by atoms with van der Waals surface area (Å²) in [6.07, 6.45) is 2.97. The van der Waals surface area contributed by atoms with Crippen molar-refractivity contribution >= 4 is 11.6 Å². The molecule has 0 radical (unpaired) electrons. The maximum Gasteiger partial charge on any atom is 0.322 e. The van der Waals surface area contributed by atoms with E-state index in [2.05, 4.69) is 20.8 Å². The summed E-state index contributed by atoms with van der Waals surface area (Å²) >= 11 is 0. The molecule has 0 unspecified atom stereocenters. The van der Waals surface area contributed by atoms with Crippen LogP contribution < -0.4 is 10.6 Å². The molecule has 0 bridgehead atoms. The second-order valence-electron chi connectivity index (χ2n) is 6.27. The number of nitro groups is 1. The van der Waals surface area contributed by atoms with Gasteiger partial charge in [-0.3, -0.25) is 20.0 Å². The number of aromatic amines is 1. The van der Waals surface area contributed by atoms with Gasteiger partial charge in [0.1, 0.15) is 5.69 Å². The maximum atomic E-state index is 12.4. The molecule has 0 saturated carbocycles. The molecule has 9 nitrogen and oxygen atoms in total. The van der Waals surface area contributed by atoms with Gasteiger partial charge in [-0.2, -0.15) is 5.10 Å². The van der Waals surface area contributed by atoms with Gasteiger partial charge >= 0.3 is 5.69 Å². The molecule has 1 saturated heterocycles. The molecule has 1 aliphatic rings. The number of ether oxygens (including phenoxy) is 1. The lowest BCUT2D eigenvalue weighted by Gasteiger charge is -2.37. The zero-order valence-corrected chi connectivity index (χ0v) is 14.2. The Bertz CT molecular complexity index is 575. The molecular weight excluding hydrogens is 314 g/mol. The van der Waals surface area contributed by atoms with Crippen molar-refractivity contribution in [3.8, 4) is 0 Å². The first-order chi connectivity index (χ1) is 11.5. The van der Waals surface area contributed by atoms with Crippen molar-refractivity contribution in [3.63, 3.8) is 0 Å². The maximum absolute atomic E-state index is 12.4. The molecule has 0 atom stereocenters. The van der Waals surface area contributed by atoms with Crippen LogP contribution in [0.3, 0.4) is 0 Å². The van der Waals surface area contributed by atoms with Crippen molar-refractivity contribution in [2.45, 2.75) is 32.6 Å². The fraction of sp³-hybridized carbons (Fsp3) is 0.733. The van der Waals surface area contributed by atoms with E-state index in [0.717, 1.165) is 32.4 Å². The molecule has 1 fully saturated rings. The zero-order chi connectivity index (χ0) is 17.6. The third-order valence-corrected chi connectivity index (χ3v) is 4.45. The molecule has 0 aliphatic carbocycles. The summed E-state index contributed by atoms with van der Waals surface area (Å²) in [6, 6.07) is 0. The van der Waals surface area contributed by atoms with Crippen LogP contribution in [-0.2, 0) is 11.2 Å². The molecule has 0 spiro atoms. The molecule has 9 heteroatoms. The number of aromatic nitrogens is 2. The first kappa shape index (κ1) is 18.3. The number of nitrogens with zero attached hydrogens (tertiary/aromatic N) is 2. The number of rotatable bonds is 8. The molecule has 3 N–H and O–H groups in total. The lowest BCUT2D eigenvalue weighted by atomic mass is 9.79. The van der Waals surface area contributed by atoms with Gasteiger partial charge in [0.2, 0.25) is 5.69 Å². The third-order valence-electron chi connectivity index (χ3n) is 4.45.